The summed E-state index contributed by atoms with van der Waals surface area (Å²) in [4.78, 5) is 4.16. The van der Waals surface area contributed by atoms with Crippen molar-refractivity contribution < 1.29 is 18.3 Å². The van der Waals surface area contributed by atoms with Gasteiger partial charge >= 0.3 is 0 Å². The van der Waals surface area contributed by atoms with Crippen LogP contribution in [0.25, 0.3) is 0 Å². The lowest BCUT2D eigenvalue weighted by atomic mass is 10.1. The summed E-state index contributed by atoms with van der Waals surface area (Å²) in [6.45, 7) is 3.57. The van der Waals surface area contributed by atoms with Crippen molar-refractivity contribution >= 4 is 5.96 Å². The second-order valence-electron chi connectivity index (χ2n) is 6.30. The molecule has 0 aliphatic carbocycles. The molecule has 0 fully saturated rings. The molecule has 2 rings (SSSR count). The van der Waals surface area contributed by atoms with E-state index in [4.69, 9.17) is 9.47 Å². The zero-order valence-corrected chi connectivity index (χ0v) is 16.5. The molecule has 28 heavy (non-hydrogen) atoms. The molecule has 0 aliphatic rings. The van der Waals surface area contributed by atoms with Gasteiger partial charge in [0.2, 0.25) is 0 Å². The minimum atomic E-state index is -0.597. The van der Waals surface area contributed by atoms with Gasteiger partial charge < -0.3 is 20.1 Å². The summed E-state index contributed by atoms with van der Waals surface area (Å²) in [6, 6.07) is 10.9. The Morgan fingerprint density at radius 2 is 1.96 bits per heavy atom. The predicted octanol–water partition coefficient (Wildman–Crippen LogP) is 3.81. The van der Waals surface area contributed by atoms with Gasteiger partial charge in [-0.25, -0.2) is 8.78 Å². The molecule has 1 unspecified atom stereocenters. The van der Waals surface area contributed by atoms with E-state index in [1.54, 1.807) is 21.1 Å². The number of benzene rings is 2. The van der Waals surface area contributed by atoms with Crippen LogP contribution in [0.4, 0.5) is 8.78 Å². The summed E-state index contributed by atoms with van der Waals surface area (Å²) in [5.41, 5.74) is 1.39. The lowest BCUT2D eigenvalue weighted by Crippen LogP contribution is -2.38. The van der Waals surface area contributed by atoms with Crippen molar-refractivity contribution in [1.82, 2.24) is 10.6 Å². The first-order chi connectivity index (χ1) is 13.5. The quantitative estimate of drug-likeness (QED) is 0.388. The Morgan fingerprint density at radius 3 is 2.68 bits per heavy atom. The fourth-order valence-electron chi connectivity index (χ4n) is 2.65. The summed E-state index contributed by atoms with van der Waals surface area (Å²) in [5, 5.41) is 6.30. The molecule has 0 saturated carbocycles. The fourth-order valence-corrected chi connectivity index (χ4v) is 2.65. The van der Waals surface area contributed by atoms with Gasteiger partial charge in [-0.05, 0) is 30.7 Å². The molecule has 152 valence electrons. The third-order valence-corrected chi connectivity index (χ3v) is 4.13. The highest BCUT2D eigenvalue weighted by atomic mass is 19.1. The second-order valence-corrected chi connectivity index (χ2v) is 6.30. The molecular weight excluding hydrogens is 364 g/mol. The third kappa shape index (κ3) is 6.81. The zero-order valence-electron chi connectivity index (χ0n) is 16.5. The Labute approximate surface area is 164 Å². The van der Waals surface area contributed by atoms with E-state index >= 15 is 0 Å². The molecular formula is C21H27F2N3O2. The molecule has 0 bridgehead atoms. The Hall–Kier alpha value is -2.67. The van der Waals surface area contributed by atoms with Crippen molar-refractivity contribution in [2.24, 2.45) is 4.99 Å². The molecule has 1 atom stereocenters. The Balaban J connectivity index is 1.89. The molecule has 0 aliphatic heterocycles. The van der Waals surface area contributed by atoms with Gasteiger partial charge in [-0.2, -0.15) is 0 Å². The monoisotopic (exact) mass is 391 g/mol. The summed E-state index contributed by atoms with van der Waals surface area (Å²) in [5.74, 6) is 0.122. The first-order valence-electron chi connectivity index (χ1n) is 9.16. The number of hydrogen-bond acceptors (Lipinski definition) is 3. The minimum Gasteiger partial charge on any atom is -0.493 e. The molecule has 0 spiro atoms. The molecule has 0 heterocycles. The van der Waals surface area contributed by atoms with Crippen molar-refractivity contribution in [3.05, 3.63) is 65.2 Å². The van der Waals surface area contributed by atoms with Crippen molar-refractivity contribution in [2.45, 2.75) is 25.9 Å². The molecule has 0 saturated heterocycles. The predicted molar refractivity (Wildman–Crippen MR) is 107 cm³/mol. The molecule has 0 aromatic heterocycles. The number of methoxy groups -OCH3 is 1. The lowest BCUT2D eigenvalue weighted by molar-refractivity contribution is 0.172. The minimum absolute atomic E-state index is 0.371. The van der Waals surface area contributed by atoms with Gasteiger partial charge in [-0.3, -0.25) is 4.99 Å². The number of nitrogens with one attached hydrogen (secondary N) is 2. The summed E-state index contributed by atoms with van der Waals surface area (Å²) in [7, 11) is 3.30. The molecule has 5 nitrogen and oxygen atoms in total. The number of nitrogens with zero attached hydrogens (tertiary/aromatic N) is 1. The van der Waals surface area contributed by atoms with Crippen LogP contribution in [0, 0.1) is 11.6 Å². The van der Waals surface area contributed by atoms with E-state index in [9.17, 15) is 8.78 Å². The van der Waals surface area contributed by atoms with E-state index in [0.717, 1.165) is 23.8 Å². The second kappa shape index (κ2) is 11.2. The summed E-state index contributed by atoms with van der Waals surface area (Å²) >= 11 is 0. The largest absolute Gasteiger partial charge is 0.493 e. The molecule has 0 amide bonds. The number of aliphatic imine (C=N–C) groups is 1. The van der Waals surface area contributed by atoms with Crippen LogP contribution in [-0.2, 0) is 11.3 Å². The highest BCUT2D eigenvalue weighted by Crippen LogP contribution is 2.18. The average molecular weight is 391 g/mol. The van der Waals surface area contributed by atoms with Crippen LogP contribution >= 0.6 is 0 Å². The van der Waals surface area contributed by atoms with Crippen LogP contribution in [0.2, 0.25) is 0 Å². The molecule has 2 N–H and O–H groups in total. The maximum atomic E-state index is 13.9. The van der Waals surface area contributed by atoms with Crippen molar-refractivity contribution in [1.29, 1.82) is 0 Å². The van der Waals surface area contributed by atoms with Gasteiger partial charge in [0.25, 0.3) is 0 Å². The van der Waals surface area contributed by atoms with Crippen LogP contribution in [0.3, 0.4) is 0 Å². The van der Waals surface area contributed by atoms with Gasteiger partial charge in [0, 0.05) is 45.4 Å². The Morgan fingerprint density at radius 1 is 1.14 bits per heavy atom. The average Bonchev–Trinajstić information content (AvgIpc) is 2.68. The van der Waals surface area contributed by atoms with Crippen LogP contribution in [0.15, 0.2) is 47.5 Å². The van der Waals surface area contributed by atoms with E-state index < -0.39 is 11.6 Å². The summed E-state index contributed by atoms with van der Waals surface area (Å²) in [6.07, 6.45) is 0.827. The normalized spacial score (nSPS) is 12.5. The molecule has 2 aromatic carbocycles. The number of rotatable bonds is 9. The van der Waals surface area contributed by atoms with Gasteiger partial charge in [0.1, 0.15) is 17.4 Å². The van der Waals surface area contributed by atoms with E-state index in [1.807, 2.05) is 24.3 Å². The van der Waals surface area contributed by atoms with Gasteiger partial charge in [0.15, 0.2) is 5.96 Å². The Bertz CT molecular complexity index is 784. The van der Waals surface area contributed by atoms with Crippen LogP contribution in [0.5, 0.6) is 5.75 Å². The highest BCUT2D eigenvalue weighted by Gasteiger charge is 2.13. The van der Waals surface area contributed by atoms with Gasteiger partial charge in [0.05, 0.1) is 12.6 Å². The van der Waals surface area contributed by atoms with E-state index in [2.05, 4.69) is 15.6 Å². The lowest BCUT2D eigenvalue weighted by Gasteiger charge is -2.19. The number of ether oxygens (including phenoxy) is 2. The van der Waals surface area contributed by atoms with E-state index in [0.29, 0.717) is 31.3 Å². The first-order valence-corrected chi connectivity index (χ1v) is 9.16. The highest BCUT2D eigenvalue weighted by molar-refractivity contribution is 5.80. The first kappa shape index (κ1) is 21.6. The standard InChI is InChI=1S/C21H27F2N3O2/c1-15(19-9-8-17(22)13-20(19)23)26-21(24-2)25-14-16-6-4-7-18(12-16)28-11-5-10-27-3/h4,6-9,12-13,15H,5,10-11,14H2,1-3H3,(H2,24,25,26). The fraction of sp³-hybridized carbons (Fsp3) is 0.381. The SMILES string of the molecule is CN=C(NCc1cccc(OCCCOC)c1)NC(C)c1ccc(F)cc1F. The van der Waals surface area contributed by atoms with E-state index in [1.165, 1.54) is 12.1 Å². The topological polar surface area (TPSA) is 54.9 Å². The van der Waals surface area contributed by atoms with Crippen molar-refractivity contribution in [2.75, 3.05) is 27.4 Å². The number of halogens is 2. The number of hydrogen-bond donors (Lipinski definition) is 2. The third-order valence-electron chi connectivity index (χ3n) is 4.13. The van der Waals surface area contributed by atoms with Gasteiger partial charge in [-0.1, -0.05) is 18.2 Å². The van der Waals surface area contributed by atoms with Crippen LogP contribution in [-0.4, -0.2) is 33.3 Å². The number of guanidine groups is 1. The summed E-state index contributed by atoms with van der Waals surface area (Å²) < 4.78 is 37.7. The maximum Gasteiger partial charge on any atom is 0.191 e. The maximum absolute atomic E-state index is 13.9. The smallest absolute Gasteiger partial charge is 0.191 e. The Kier molecular flexibility index (Phi) is 8.68. The van der Waals surface area contributed by atoms with Crippen LogP contribution in [0.1, 0.15) is 30.5 Å². The van der Waals surface area contributed by atoms with Crippen molar-refractivity contribution in [3.63, 3.8) is 0 Å². The van der Waals surface area contributed by atoms with Crippen molar-refractivity contribution in [3.8, 4) is 5.75 Å². The van der Waals surface area contributed by atoms with Crippen LogP contribution < -0.4 is 15.4 Å². The molecule has 7 heteroatoms. The zero-order chi connectivity index (χ0) is 20.4. The molecule has 2 aromatic rings. The van der Waals surface area contributed by atoms with E-state index in [-0.39, 0.29) is 6.04 Å². The molecule has 0 radical (unpaired) electrons. The van der Waals surface area contributed by atoms with Gasteiger partial charge in [-0.15, -0.1) is 0 Å².